The van der Waals surface area contributed by atoms with Crippen molar-refractivity contribution < 1.29 is 4.79 Å². The third-order valence-electron chi connectivity index (χ3n) is 3.09. The summed E-state index contributed by atoms with van der Waals surface area (Å²) in [5.74, 6) is -0.0355. The second-order valence-corrected chi connectivity index (χ2v) is 5.92. The number of pyridine rings is 1. The van der Waals surface area contributed by atoms with Gasteiger partial charge in [-0.1, -0.05) is 32.0 Å². The van der Waals surface area contributed by atoms with Crippen molar-refractivity contribution in [3.8, 4) is 0 Å². The van der Waals surface area contributed by atoms with Gasteiger partial charge in [-0.05, 0) is 46.2 Å². The van der Waals surface area contributed by atoms with E-state index in [1.807, 2.05) is 72.7 Å². The molecule has 0 radical (unpaired) electrons. The number of carbonyl (C=O) groups excluding carboxylic acids is 1. The van der Waals surface area contributed by atoms with Crippen LogP contribution in [-0.4, -0.2) is 16.4 Å². The number of fused-ring (bicyclic) bond motifs is 1. The van der Waals surface area contributed by atoms with Crippen molar-refractivity contribution in [2.75, 3.05) is 0 Å². The van der Waals surface area contributed by atoms with Crippen LogP contribution in [0.15, 0.2) is 24.3 Å². The number of rotatable bonds is 1. The third-order valence-corrected chi connectivity index (χ3v) is 3.09. The molecule has 0 saturated heterocycles. The fourth-order valence-electron chi connectivity index (χ4n) is 2.13. The van der Waals surface area contributed by atoms with Crippen molar-refractivity contribution in [1.29, 1.82) is 0 Å². The van der Waals surface area contributed by atoms with E-state index in [-0.39, 0.29) is 11.4 Å². The molecule has 3 heteroatoms. The molecule has 21 heavy (non-hydrogen) atoms. The van der Waals surface area contributed by atoms with E-state index in [1.165, 1.54) is 0 Å². The molecule has 0 bridgehead atoms. The van der Waals surface area contributed by atoms with Crippen LogP contribution in [0.25, 0.3) is 10.9 Å². The summed E-state index contributed by atoms with van der Waals surface area (Å²) in [6.07, 6.45) is 0. The zero-order valence-corrected chi connectivity index (χ0v) is 14.2. The molecule has 0 saturated carbocycles. The van der Waals surface area contributed by atoms with E-state index in [2.05, 4.69) is 10.3 Å². The quantitative estimate of drug-likeness (QED) is 0.844. The van der Waals surface area contributed by atoms with E-state index < -0.39 is 0 Å². The number of carbonyl (C=O) groups is 1. The largest absolute Gasteiger partial charge is 0.347 e. The third kappa shape index (κ3) is 4.03. The molecule has 114 valence electrons. The molecule has 1 N–H and O–H groups in total. The Morgan fingerprint density at radius 3 is 2.24 bits per heavy atom. The zero-order chi connectivity index (χ0) is 16.2. The molecule has 0 aliphatic heterocycles. The summed E-state index contributed by atoms with van der Waals surface area (Å²) >= 11 is 0. The molecule has 1 aromatic carbocycles. The van der Waals surface area contributed by atoms with Crippen molar-refractivity contribution in [2.24, 2.45) is 0 Å². The van der Waals surface area contributed by atoms with E-state index in [0.29, 0.717) is 0 Å². The average Bonchev–Trinajstić information content (AvgIpc) is 2.40. The van der Waals surface area contributed by atoms with Crippen LogP contribution in [-0.2, 0) is 0 Å². The Kier molecular flexibility index (Phi) is 5.47. The maximum atomic E-state index is 12.5. The van der Waals surface area contributed by atoms with E-state index >= 15 is 0 Å². The summed E-state index contributed by atoms with van der Waals surface area (Å²) in [7, 11) is 0. The maximum absolute atomic E-state index is 12.5. The number of amides is 1. The first-order valence-corrected chi connectivity index (χ1v) is 7.48. The normalized spacial score (nSPS) is 10.8. The highest BCUT2D eigenvalue weighted by Crippen LogP contribution is 2.23. The lowest BCUT2D eigenvalue weighted by molar-refractivity contribution is 0.0920. The Labute approximate surface area is 127 Å². The number of para-hydroxylation sites is 1. The van der Waals surface area contributed by atoms with Crippen molar-refractivity contribution in [2.45, 2.75) is 54.0 Å². The Morgan fingerprint density at radius 1 is 1.10 bits per heavy atom. The lowest BCUT2D eigenvalue weighted by atomic mass is 9.99. The van der Waals surface area contributed by atoms with Crippen molar-refractivity contribution in [3.05, 3.63) is 41.1 Å². The first-order valence-electron chi connectivity index (χ1n) is 7.48. The van der Waals surface area contributed by atoms with Crippen molar-refractivity contribution in [1.82, 2.24) is 10.3 Å². The van der Waals surface area contributed by atoms with Crippen LogP contribution in [0, 0.1) is 13.8 Å². The summed E-state index contributed by atoms with van der Waals surface area (Å²) in [4.78, 5) is 17.0. The highest BCUT2D eigenvalue weighted by Gasteiger charge is 2.20. The predicted molar refractivity (Wildman–Crippen MR) is 89.8 cm³/mol. The Bertz CT molecular complexity index is 639. The van der Waals surface area contributed by atoms with Gasteiger partial charge in [0.1, 0.15) is 0 Å². The van der Waals surface area contributed by atoms with E-state index in [9.17, 15) is 4.79 Å². The van der Waals surface area contributed by atoms with E-state index in [0.717, 1.165) is 27.7 Å². The first-order chi connectivity index (χ1) is 9.79. The topological polar surface area (TPSA) is 42.0 Å². The minimum atomic E-state index is -0.248. The van der Waals surface area contributed by atoms with Gasteiger partial charge in [0.2, 0.25) is 0 Å². The lowest BCUT2D eigenvalue weighted by Gasteiger charge is -2.22. The number of nitrogens with zero attached hydrogens (tertiary/aromatic N) is 1. The number of aromatic nitrogens is 1. The maximum Gasteiger partial charge on any atom is 0.252 e. The van der Waals surface area contributed by atoms with Crippen LogP contribution in [0.3, 0.4) is 0 Å². The molecule has 0 aliphatic carbocycles. The summed E-state index contributed by atoms with van der Waals surface area (Å²) < 4.78 is 0. The molecule has 1 amide bonds. The van der Waals surface area contributed by atoms with Gasteiger partial charge in [0.25, 0.3) is 5.91 Å². The molecule has 2 aromatic rings. The number of aryl methyl sites for hydroxylation is 1. The minimum Gasteiger partial charge on any atom is -0.347 e. The number of benzene rings is 1. The monoisotopic (exact) mass is 286 g/mol. The smallest absolute Gasteiger partial charge is 0.252 e. The number of hydrogen-bond acceptors (Lipinski definition) is 2. The van der Waals surface area contributed by atoms with Crippen LogP contribution in [0.4, 0.5) is 0 Å². The molecule has 0 fully saturated rings. The SMILES string of the molecule is CC.Cc1nc2ccccc2c(C(=O)NC(C)(C)C)c1C. The molecular formula is C18H26N2O. The Morgan fingerprint density at radius 2 is 1.67 bits per heavy atom. The fourth-order valence-corrected chi connectivity index (χ4v) is 2.13. The van der Waals surface area contributed by atoms with E-state index in [4.69, 9.17) is 0 Å². The highest BCUT2D eigenvalue weighted by molar-refractivity contribution is 6.07. The summed E-state index contributed by atoms with van der Waals surface area (Å²) in [6, 6.07) is 7.77. The Hall–Kier alpha value is -1.90. The van der Waals surface area contributed by atoms with Gasteiger partial charge in [0, 0.05) is 16.6 Å². The standard InChI is InChI=1S/C16H20N2O.C2H6/c1-10-11(2)17-13-9-7-6-8-12(13)14(10)15(19)18-16(3,4)5;1-2/h6-9H,1-5H3,(H,18,19);1-2H3. The Balaban J connectivity index is 0.00000106. The van der Waals surface area contributed by atoms with Crippen LogP contribution < -0.4 is 5.32 Å². The van der Waals surface area contributed by atoms with Gasteiger partial charge >= 0.3 is 0 Å². The fraction of sp³-hybridized carbons (Fsp3) is 0.444. The van der Waals surface area contributed by atoms with Gasteiger partial charge in [0.15, 0.2) is 0 Å². The van der Waals surface area contributed by atoms with Crippen molar-refractivity contribution in [3.63, 3.8) is 0 Å². The average molecular weight is 286 g/mol. The van der Waals surface area contributed by atoms with Gasteiger partial charge < -0.3 is 5.32 Å². The highest BCUT2D eigenvalue weighted by atomic mass is 16.1. The molecule has 0 aliphatic rings. The summed E-state index contributed by atoms with van der Waals surface area (Å²) in [5, 5.41) is 3.94. The lowest BCUT2D eigenvalue weighted by Crippen LogP contribution is -2.41. The second kappa shape index (κ2) is 6.70. The molecular weight excluding hydrogens is 260 g/mol. The van der Waals surface area contributed by atoms with Crippen LogP contribution in [0.5, 0.6) is 0 Å². The van der Waals surface area contributed by atoms with Gasteiger partial charge in [-0.15, -0.1) is 0 Å². The molecule has 0 spiro atoms. The number of nitrogens with one attached hydrogen (secondary N) is 1. The molecule has 1 heterocycles. The van der Waals surface area contributed by atoms with Crippen LogP contribution in [0.1, 0.15) is 56.2 Å². The zero-order valence-electron chi connectivity index (χ0n) is 14.2. The van der Waals surface area contributed by atoms with Gasteiger partial charge in [-0.25, -0.2) is 0 Å². The molecule has 0 unspecified atom stereocenters. The summed E-state index contributed by atoms with van der Waals surface area (Å²) in [6.45, 7) is 13.8. The predicted octanol–water partition coefficient (Wildman–Crippen LogP) is 4.41. The molecule has 1 aromatic heterocycles. The number of hydrogen-bond donors (Lipinski definition) is 1. The van der Waals surface area contributed by atoms with Gasteiger partial charge in [-0.2, -0.15) is 0 Å². The summed E-state index contributed by atoms with van der Waals surface area (Å²) in [5.41, 5.74) is 3.20. The van der Waals surface area contributed by atoms with Gasteiger partial charge in [-0.3, -0.25) is 9.78 Å². The second-order valence-electron chi connectivity index (χ2n) is 5.92. The van der Waals surface area contributed by atoms with Crippen LogP contribution >= 0.6 is 0 Å². The molecule has 2 rings (SSSR count). The van der Waals surface area contributed by atoms with Crippen LogP contribution in [0.2, 0.25) is 0 Å². The molecule has 0 atom stereocenters. The van der Waals surface area contributed by atoms with Crippen molar-refractivity contribution >= 4 is 16.8 Å². The first kappa shape index (κ1) is 17.2. The molecule has 3 nitrogen and oxygen atoms in total. The van der Waals surface area contributed by atoms with E-state index in [1.54, 1.807) is 0 Å². The minimum absolute atomic E-state index is 0.0355. The van der Waals surface area contributed by atoms with Gasteiger partial charge in [0.05, 0.1) is 11.1 Å².